The largest absolute Gasteiger partial charge is 0.396 e. The number of aryl methyl sites for hydroxylation is 1. The summed E-state index contributed by atoms with van der Waals surface area (Å²) in [7, 11) is 0. The van der Waals surface area contributed by atoms with Gasteiger partial charge < -0.3 is 5.73 Å². The Morgan fingerprint density at radius 1 is 1.29 bits per heavy atom. The van der Waals surface area contributed by atoms with E-state index in [0.717, 1.165) is 12.1 Å². The standard InChI is InChI=1S/C13H15N3.CH4/c14-11-8-15-16(9-11)13-7-3-5-10-4-1-2-6-12(10)13;/h1-2,4,6,8-9,13H,3,5,7,14H2;1H4. The van der Waals surface area contributed by atoms with Gasteiger partial charge in [0.05, 0.1) is 17.9 Å². The predicted octanol–water partition coefficient (Wildman–Crippen LogP) is 3.03. The van der Waals surface area contributed by atoms with Crippen molar-refractivity contribution in [3.8, 4) is 0 Å². The summed E-state index contributed by atoms with van der Waals surface area (Å²) >= 11 is 0. The molecule has 0 radical (unpaired) electrons. The molecule has 3 heteroatoms. The monoisotopic (exact) mass is 229 g/mol. The van der Waals surface area contributed by atoms with Crippen LogP contribution in [-0.2, 0) is 6.42 Å². The topological polar surface area (TPSA) is 43.8 Å². The summed E-state index contributed by atoms with van der Waals surface area (Å²) in [4.78, 5) is 0. The van der Waals surface area contributed by atoms with Gasteiger partial charge in [-0.15, -0.1) is 0 Å². The molecule has 1 aliphatic rings. The van der Waals surface area contributed by atoms with Crippen LogP contribution in [0.3, 0.4) is 0 Å². The number of aromatic nitrogens is 2. The van der Waals surface area contributed by atoms with Crippen LogP contribution in [0.4, 0.5) is 5.69 Å². The molecule has 1 aromatic heterocycles. The van der Waals surface area contributed by atoms with E-state index in [1.165, 1.54) is 24.0 Å². The van der Waals surface area contributed by atoms with Gasteiger partial charge in [-0.2, -0.15) is 5.10 Å². The maximum atomic E-state index is 5.72. The van der Waals surface area contributed by atoms with Crippen molar-refractivity contribution in [2.45, 2.75) is 32.7 Å². The molecule has 2 N–H and O–H groups in total. The second-order valence-corrected chi connectivity index (χ2v) is 4.36. The minimum absolute atomic E-state index is 0. The summed E-state index contributed by atoms with van der Waals surface area (Å²) in [6, 6.07) is 9.00. The fraction of sp³-hybridized carbons (Fsp3) is 0.357. The third-order valence-corrected chi connectivity index (χ3v) is 3.28. The van der Waals surface area contributed by atoms with Crippen LogP contribution in [-0.4, -0.2) is 9.78 Å². The van der Waals surface area contributed by atoms with Gasteiger partial charge in [-0.3, -0.25) is 4.68 Å². The van der Waals surface area contributed by atoms with E-state index in [-0.39, 0.29) is 7.43 Å². The summed E-state index contributed by atoms with van der Waals surface area (Å²) in [6.45, 7) is 0. The second kappa shape index (κ2) is 4.62. The lowest BCUT2D eigenvalue weighted by Crippen LogP contribution is -2.17. The van der Waals surface area contributed by atoms with Crippen molar-refractivity contribution in [2.24, 2.45) is 0 Å². The summed E-state index contributed by atoms with van der Waals surface area (Å²) in [5.41, 5.74) is 9.31. The maximum absolute atomic E-state index is 5.72. The first kappa shape index (κ1) is 11.7. The molecule has 1 heterocycles. The Balaban J connectivity index is 0.00000108. The SMILES string of the molecule is C.Nc1cnn(C2CCCc3ccccc32)c1. The zero-order valence-corrected chi connectivity index (χ0v) is 9.13. The number of anilines is 1. The lowest BCUT2D eigenvalue weighted by molar-refractivity contribution is 0.451. The first-order chi connectivity index (χ1) is 7.84. The van der Waals surface area contributed by atoms with Crippen LogP contribution in [0.25, 0.3) is 0 Å². The molecule has 1 atom stereocenters. The minimum atomic E-state index is 0. The highest BCUT2D eigenvalue weighted by atomic mass is 15.3. The number of rotatable bonds is 1. The van der Waals surface area contributed by atoms with Crippen LogP contribution < -0.4 is 5.73 Å². The molecule has 2 aromatic rings. The number of nitrogens with zero attached hydrogens (tertiary/aromatic N) is 2. The first-order valence-corrected chi connectivity index (χ1v) is 5.72. The highest BCUT2D eigenvalue weighted by Gasteiger charge is 2.21. The van der Waals surface area contributed by atoms with E-state index in [2.05, 4.69) is 29.4 Å². The van der Waals surface area contributed by atoms with Crippen molar-refractivity contribution in [1.29, 1.82) is 0 Å². The van der Waals surface area contributed by atoms with Crippen molar-refractivity contribution >= 4 is 5.69 Å². The van der Waals surface area contributed by atoms with E-state index in [0.29, 0.717) is 6.04 Å². The predicted molar refractivity (Wildman–Crippen MR) is 70.9 cm³/mol. The van der Waals surface area contributed by atoms with E-state index >= 15 is 0 Å². The van der Waals surface area contributed by atoms with Gasteiger partial charge in [-0.25, -0.2) is 0 Å². The van der Waals surface area contributed by atoms with Crippen molar-refractivity contribution in [1.82, 2.24) is 9.78 Å². The molecular weight excluding hydrogens is 210 g/mol. The van der Waals surface area contributed by atoms with Crippen molar-refractivity contribution < 1.29 is 0 Å². The summed E-state index contributed by atoms with van der Waals surface area (Å²) in [6.07, 6.45) is 7.20. The minimum Gasteiger partial charge on any atom is -0.396 e. The average molecular weight is 229 g/mol. The molecule has 0 saturated heterocycles. The van der Waals surface area contributed by atoms with E-state index < -0.39 is 0 Å². The molecular formula is C14H19N3. The van der Waals surface area contributed by atoms with Crippen LogP contribution in [0.2, 0.25) is 0 Å². The van der Waals surface area contributed by atoms with E-state index in [4.69, 9.17) is 5.73 Å². The number of nitrogen functional groups attached to an aromatic ring is 1. The molecule has 0 fully saturated rings. The van der Waals surface area contributed by atoms with Crippen molar-refractivity contribution in [2.75, 3.05) is 5.73 Å². The Morgan fingerprint density at radius 2 is 2.12 bits per heavy atom. The van der Waals surface area contributed by atoms with Crippen LogP contribution in [0.1, 0.15) is 37.4 Å². The molecule has 0 spiro atoms. The van der Waals surface area contributed by atoms with Gasteiger partial charge in [0.25, 0.3) is 0 Å². The number of fused-ring (bicyclic) bond motifs is 1. The maximum Gasteiger partial charge on any atom is 0.0772 e. The van der Waals surface area contributed by atoms with Crippen molar-refractivity contribution in [3.05, 3.63) is 47.8 Å². The van der Waals surface area contributed by atoms with Gasteiger partial charge in [0.1, 0.15) is 0 Å². The van der Waals surface area contributed by atoms with Crippen LogP contribution >= 0.6 is 0 Å². The third kappa shape index (κ3) is 2.05. The third-order valence-electron chi connectivity index (χ3n) is 3.28. The Labute approximate surface area is 102 Å². The number of hydrogen-bond donors (Lipinski definition) is 1. The summed E-state index contributed by atoms with van der Waals surface area (Å²) < 4.78 is 1.99. The van der Waals surface area contributed by atoms with Crippen LogP contribution in [0.15, 0.2) is 36.7 Å². The van der Waals surface area contributed by atoms with Gasteiger partial charge in [-0.1, -0.05) is 31.7 Å². The van der Waals surface area contributed by atoms with Gasteiger partial charge in [0.2, 0.25) is 0 Å². The molecule has 0 bridgehead atoms. The number of benzene rings is 1. The molecule has 3 rings (SSSR count). The van der Waals surface area contributed by atoms with E-state index in [1.807, 2.05) is 10.9 Å². The summed E-state index contributed by atoms with van der Waals surface area (Å²) in [5.74, 6) is 0. The lowest BCUT2D eigenvalue weighted by atomic mass is 9.88. The second-order valence-electron chi connectivity index (χ2n) is 4.36. The normalized spacial score (nSPS) is 18.2. The molecule has 90 valence electrons. The number of hydrogen-bond acceptors (Lipinski definition) is 2. The molecule has 0 saturated carbocycles. The van der Waals surface area contributed by atoms with Gasteiger partial charge >= 0.3 is 0 Å². The van der Waals surface area contributed by atoms with Crippen LogP contribution in [0, 0.1) is 0 Å². The number of nitrogens with two attached hydrogens (primary N) is 1. The molecule has 3 nitrogen and oxygen atoms in total. The van der Waals surface area contributed by atoms with Gasteiger partial charge in [0.15, 0.2) is 0 Å². The Hall–Kier alpha value is -1.77. The van der Waals surface area contributed by atoms with Crippen molar-refractivity contribution in [3.63, 3.8) is 0 Å². The fourth-order valence-electron chi connectivity index (χ4n) is 2.53. The van der Waals surface area contributed by atoms with E-state index in [1.54, 1.807) is 6.20 Å². The molecule has 1 aliphatic carbocycles. The molecule has 1 unspecified atom stereocenters. The molecule has 1 aromatic carbocycles. The average Bonchev–Trinajstić information content (AvgIpc) is 2.75. The smallest absolute Gasteiger partial charge is 0.0772 e. The van der Waals surface area contributed by atoms with Gasteiger partial charge in [-0.05, 0) is 30.4 Å². The fourth-order valence-corrected chi connectivity index (χ4v) is 2.53. The first-order valence-electron chi connectivity index (χ1n) is 5.72. The zero-order chi connectivity index (χ0) is 11.0. The highest BCUT2D eigenvalue weighted by molar-refractivity contribution is 5.35. The Bertz CT molecular complexity index is 502. The highest BCUT2D eigenvalue weighted by Crippen LogP contribution is 2.32. The Kier molecular flexibility index (Phi) is 3.18. The summed E-state index contributed by atoms with van der Waals surface area (Å²) in [5, 5.41) is 4.33. The lowest BCUT2D eigenvalue weighted by Gasteiger charge is -2.25. The van der Waals surface area contributed by atoms with Crippen LogP contribution in [0.5, 0.6) is 0 Å². The molecule has 17 heavy (non-hydrogen) atoms. The Morgan fingerprint density at radius 3 is 2.88 bits per heavy atom. The molecule has 0 amide bonds. The van der Waals surface area contributed by atoms with Gasteiger partial charge in [0, 0.05) is 6.20 Å². The van der Waals surface area contributed by atoms with E-state index in [9.17, 15) is 0 Å². The molecule has 0 aliphatic heterocycles. The zero-order valence-electron chi connectivity index (χ0n) is 9.13. The quantitative estimate of drug-likeness (QED) is 0.816.